The Balaban J connectivity index is 0.000000308. The van der Waals surface area contributed by atoms with E-state index in [9.17, 15) is 62.3 Å². The van der Waals surface area contributed by atoms with Crippen LogP contribution in [0.1, 0.15) is 144 Å². The van der Waals surface area contributed by atoms with Crippen LogP contribution < -0.4 is 23.7 Å². The van der Waals surface area contributed by atoms with Crippen molar-refractivity contribution in [3.05, 3.63) is 225 Å². The lowest BCUT2D eigenvalue weighted by molar-refractivity contribution is -0.138. The maximum absolute atomic E-state index is 12.9. The van der Waals surface area contributed by atoms with Gasteiger partial charge in [-0.05, 0) is 218 Å². The predicted molar refractivity (Wildman–Crippen MR) is 439 cm³/mol. The summed E-state index contributed by atoms with van der Waals surface area (Å²) in [7, 11) is 0. The Morgan fingerprint density at radius 1 is 0.301 bits per heavy atom. The van der Waals surface area contributed by atoms with E-state index in [1.54, 1.807) is 67.6 Å². The van der Waals surface area contributed by atoms with Crippen molar-refractivity contribution >= 4 is 77.6 Å². The van der Waals surface area contributed by atoms with Crippen molar-refractivity contribution in [1.29, 1.82) is 0 Å². The van der Waals surface area contributed by atoms with Gasteiger partial charge in [-0.1, -0.05) is 51.6 Å². The predicted octanol–water partition coefficient (Wildman–Crippen LogP) is 12.9. The Labute approximate surface area is 712 Å². The summed E-state index contributed by atoms with van der Waals surface area (Å²) < 4.78 is 102. The summed E-state index contributed by atoms with van der Waals surface area (Å²) in [5.41, 5.74) is 2.15. The van der Waals surface area contributed by atoms with Crippen LogP contribution in [0.4, 0.5) is 9.59 Å². The number of carbonyl (C=O) groups excluding carboxylic acids is 13. The summed E-state index contributed by atoms with van der Waals surface area (Å²) in [5.74, 6) is -2.45. The van der Waals surface area contributed by atoms with Crippen molar-refractivity contribution in [2.24, 2.45) is 0 Å². The molecule has 0 bridgehead atoms. The number of esters is 9. The van der Waals surface area contributed by atoms with E-state index in [0.29, 0.717) is 93.3 Å². The third kappa shape index (κ3) is 37.7. The van der Waals surface area contributed by atoms with Crippen LogP contribution in [-0.2, 0) is 106 Å². The quantitative estimate of drug-likeness (QED) is 0.00872. The fraction of sp³-hybridized carbons (Fsp3) is 0.396. The molecule has 9 rings (SSSR count). The Bertz CT molecular complexity index is 4080. The molecular weight excluding hydrogens is 1600 g/mol. The van der Waals surface area contributed by atoms with E-state index >= 15 is 0 Å². The molecule has 660 valence electrons. The first-order valence-corrected chi connectivity index (χ1v) is 39.8. The lowest BCUT2D eigenvalue weighted by Gasteiger charge is -2.17. The lowest BCUT2D eigenvalue weighted by Crippen LogP contribution is -2.36. The number of aryl methyl sites for hydroxylation is 1. The molecule has 32 nitrogen and oxygen atoms in total. The van der Waals surface area contributed by atoms with Gasteiger partial charge >= 0.3 is 66.0 Å². The molecule has 0 saturated carbocycles. The average Bonchev–Trinajstić information content (AvgIpc) is 1.65. The standard InChI is InChI=1S/C38H46O12.C36H38O16.C13H14O3.C4H6O/c1-3-33(39)45-23-11-7-5-9-21-43-29-17-13-27(14-18-29)37(41)49-31-25-47-36-32(26-48-35(31)36)50-38(42)28-15-19-30(20-16-28)44-22-10-6-8-12-24-46-34(40)4-2;1-3-29(37)43-17-5-7-19-45-35(41)49-25-13-9-23(10-14-25)33(39)51-27-21-47-32-28(22-48-31(27)32)52-34(40)24-11-15-26(16-12-24)50-36(42)46-20-8-6-18-44-30(38)4-2;1-3-13(15)16-12-8-6-11(7-9-12)5-4-10(2)14;1-3-4(2)5/h3-4,13-20,31-32,35-36H,1-2,5-12,21-26H2;3-4,9-16,27-28,31-32H,1-2,5-8,17-22H2;3,6-9H,1,4-5H2,2H3;3H,1H2,2H3/t31-,32+,35?,36?;27-,28+,31?,32?;;. The first-order valence-electron chi connectivity index (χ1n) is 39.8. The number of allylic oxidation sites excluding steroid dienone is 1. The van der Waals surface area contributed by atoms with Gasteiger partial charge in [0.2, 0.25) is 0 Å². The van der Waals surface area contributed by atoms with Gasteiger partial charge in [0.05, 0.1) is 102 Å². The fourth-order valence-corrected chi connectivity index (χ4v) is 11.4. The van der Waals surface area contributed by atoms with Crippen LogP contribution in [0.5, 0.6) is 28.7 Å². The molecule has 32 heteroatoms. The van der Waals surface area contributed by atoms with Gasteiger partial charge in [0.15, 0.2) is 30.2 Å². The van der Waals surface area contributed by atoms with Gasteiger partial charge < -0.3 is 94.8 Å². The molecule has 5 aromatic carbocycles. The number of Topliss-reactive ketones (excluding diaryl/α,β-unsaturated/α-hetero) is 1. The first-order chi connectivity index (χ1) is 59.4. The van der Waals surface area contributed by atoms with Crippen LogP contribution in [0.15, 0.2) is 197 Å². The SMILES string of the molecule is C=CC(=O)OCCCCCCOc1ccc(C(=O)O[C@H]2COC3C2OC[C@H]3OC(=O)c2ccc(OCCCCCCOC(=O)C=C)cc2)cc1.C=CC(=O)OCCCCOC(=O)Oc1ccc(C(=O)O[C@H]2COC3C2OC[C@H]3OC(=O)c2ccc(OC(=O)OCCCCOC(=O)C=C)cc2)cc1.C=CC(=O)Oc1ccc(CCC(C)=O)cc1.C=CC(C)=O. The van der Waals surface area contributed by atoms with Gasteiger partial charge in [-0.3, -0.25) is 4.79 Å². The van der Waals surface area contributed by atoms with E-state index in [0.717, 1.165) is 87.3 Å². The minimum Gasteiger partial charge on any atom is -0.494 e. The minimum atomic E-state index is -0.930. The second kappa shape index (κ2) is 55.8. The van der Waals surface area contributed by atoms with E-state index in [-0.39, 0.29) is 87.0 Å². The number of unbranched alkanes of at least 4 members (excludes halogenated alkanes) is 8. The van der Waals surface area contributed by atoms with Crippen LogP contribution in [0, 0.1) is 0 Å². The fourth-order valence-electron chi connectivity index (χ4n) is 11.4. The van der Waals surface area contributed by atoms with E-state index in [4.69, 9.17) is 90.0 Å². The number of fused-ring (bicyclic) bond motifs is 2. The maximum atomic E-state index is 12.9. The summed E-state index contributed by atoms with van der Waals surface area (Å²) in [4.78, 5) is 151. The molecule has 4 saturated heterocycles. The third-order valence-corrected chi connectivity index (χ3v) is 17.9. The highest BCUT2D eigenvalue weighted by Gasteiger charge is 2.53. The largest absolute Gasteiger partial charge is 0.513 e. The van der Waals surface area contributed by atoms with Crippen molar-refractivity contribution < 1.29 is 152 Å². The van der Waals surface area contributed by atoms with Crippen LogP contribution in [-0.4, -0.2) is 206 Å². The number of hydrogen-bond donors (Lipinski definition) is 0. The van der Waals surface area contributed by atoms with E-state index < -0.39 is 115 Å². The zero-order valence-electron chi connectivity index (χ0n) is 68.8. The molecule has 0 amide bonds. The summed E-state index contributed by atoms with van der Waals surface area (Å²) in [6.45, 7) is 25.5. The van der Waals surface area contributed by atoms with Gasteiger partial charge in [-0.25, -0.2) is 52.7 Å². The molecule has 8 atom stereocenters. The van der Waals surface area contributed by atoms with Gasteiger partial charge in [0.25, 0.3) is 0 Å². The second-order valence-electron chi connectivity index (χ2n) is 27.2. The number of carbonyl (C=O) groups is 13. The lowest BCUT2D eigenvalue weighted by atomic mass is 10.1. The van der Waals surface area contributed by atoms with Gasteiger partial charge in [0, 0.05) is 36.8 Å². The number of rotatable bonds is 46. The molecule has 4 heterocycles. The summed E-state index contributed by atoms with van der Waals surface area (Å²) in [6.07, 6.45) is 9.85. The minimum absolute atomic E-state index is 0.0176. The zero-order valence-corrected chi connectivity index (χ0v) is 68.8. The summed E-state index contributed by atoms with van der Waals surface area (Å²) in [6, 6.07) is 31.8. The average molecular weight is 1710 g/mol. The van der Waals surface area contributed by atoms with Gasteiger partial charge in [-0.15, -0.1) is 0 Å². The molecule has 0 spiro atoms. The van der Waals surface area contributed by atoms with Gasteiger partial charge in [0.1, 0.15) is 58.9 Å². The van der Waals surface area contributed by atoms with Crippen molar-refractivity contribution in [2.45, 2.75) is 153 Å². The molecule has 123 heavy (non-hydrogen) atoms. The van der Waals surface area contributed by atoms with Crippen molar-refractivity contribution in [3.63, 3.8) is 0 Å². The Morgan fingerprint density at radius 2 is 0.545 bits per heavy atom. The highest BCUT2D eigenvalue weighted by Crippen LogP contribution is 2.34. The Hall–Kier alpha value is -12.9. The highest BCUT2D eigenvalue weighted by atomic mass is 16.7. The third-order valence-electron chi connectivity index (χ3n) is 17.9. The van der Waals surface area contributed by atoms with E-state index in [2.05, 4.69) is 39.5 Å². The number of hydrogen-bond acceptors (Lipinski definition) is 32. The zero-order chi connectivity index (χ0) is 89.1. The number of ether oxygens (including phenoxy) is 19. The van der Waals surface area contributed by atoms with Crippen molar-refractivity contribution in [3.8, 4) is 28.7 Å². The van der Waals surface area contributed by atoms with Crippen LogP contribution in [0.25, 0.3) is 0 Å². The van der Waals surface area contributed by atoms with Crippen LogP contribution in [0.2, 0.25) is 0 Å². The smallest absolute Gasteiger partial charge is 0.494 e. The highest BCUT2D eigenvalue weighted by molar-refractivity contribution is 5.92. The van der Waals surface area contributed by atoms with E-state index in [1.807, 2.05) is 12.1 Å². The molecule has 4 fully saturated rings. The number of benzene rings is 5. The monoisotopic (exact) mass is 1710 g/mol. The normalized spacial score (nSPS) is 17.1. The molecule has 4 aliphatic rings. The molecule has 0 aromatic heterocycles. The molecular formula is C91H104O32. The summed E-state index contributed by atoms with van der Waals surface area (Å²) in [5, 5.41) is 0. The van der Waals surface area contributed by atoms with Crippen LogP contribution >= 0.6 is 0 Å². The van der Waals surface area contributed by atoms with Crippen LogP contribution in [0.3, 0.4) is 0 Å². The summed E-state index contributed by atoms with van der Waals surface area (Å²) >= 11 is 0. The first kappa shape index (κ1) is 98.9. The van der Waals surface area contributed by atoms with Crippen molar-refractivity contribution in [2.75, 3.05) is 79.3 Å². The van der Waals surface area contributed by atoms with E-state index in [1.165, 1.54) is 61.5 Å². The molecule has 5 aromatic rings. The Morgan fingerprint density at radius 3 is 0.813 bits per heavy atom. The second-order valence-corrected chi connectivity index (χ2v) is 27.2. The van der Waals surface area contributed by atoms with Crippen molar-refractivity contribution in [1.82, 2.24) is 0 Å². The molecule has 0 N–H and O–H groups in total. The number of ketones is 2. The van der Waals surface area contributed by atoms with Gasteiger partial charge in [-0.2, -0.15) is 0 Å². The molecule has 4 aliphatic heterocycles. The molecule has 0 aliphatic carbocycles. The maximum Gasteiger partial charge on any atom is 0.513 e. The topological polar surface area (TPSA) is 397 Å². The molecule has 0 radical (unpaired) electrons. The Kier molecular flexibility index (Phi) is 44.9. The molecule has 4 unspecified atom stereocenters.